The van der Waals surface area contributed by atoms with E-state index < -0.39 is 0 Å². The fraction of sp³-hybridized carbons (Fsp3) is 0.357. The molecule has 1 aromatic carbocycles. The summed E-state index contributed by atoms with van der Waals surface area (Å²) in [5.41, 5.74) is 10.7. The van der Waals surface area contributed by atoms with Crippen LogP contribution in [0.2, 0.25) is 5.02 Å². The van der Waals surface area contributed by atoms with Gasteiger partial charge in [-0.3, -0.25) is 0 Å². The molecule has 4 nitrogen and oxygen atoms in total. The molecule has 0 bridgehead atoms. The highest BCUT2D eigenvalue weighted by molar-refractivity contribution is 6.31. The number of hydrogen-bond donors (Lipinski definition) is 1. The van der Waals surface area contributed by atoms with Crippen molar-refractivity contribution in [2.45, 2.75) is 27.3 Å². The highest BCUT2D eigenvalue weighted by Crippen LogP contribution is 2.31. The molecule has 2 rings (SSSR count). The topological polar surface area (TPSA) is 53.1 Å². The zero-order valence-corrected chi connectivity index (χ0v) is 12.4. The van der Waals surface area contributed by atoms with Crippen molar-refractivity contribution in [3.63, 3.8) is 0 Å². The van der Waals surface area contributed by atoms with Gasteiger partial charge in [-0.15, -0.1) is 0 Å². The Morgan fingerprint density at radius 2 is 2.00 bits per heavy atom. The molecule has 0 saturated heterocycles. The first-order valence-electron chi connectivity index (χ1n) is 6.09. The maximum atomic E-state index is 6.13. The van der Waals surface area contributed by atoms with Gasteiger partial charge < -0.3 is 10.5 Å². The van der Waals surface area contributed by atoms with Gasteiger partial charge in [-0.25, -0.2) is 4.68 Å². The third-order valence-corrected chi connectivity index (χ3v) is 3.74. The predicted molar refractivity (Wildman–Crippen MR) is 77.2 cm³/mol. The van der Waals surface area contributed by atoms with E-state index in [0.717, 1.165) is 28.2 Å². The average Bonchev–Trinajstić information content (AvgIpc) is 2.67. The van der Waals surface area contributed by atoms with E-state index in [4.69, 9.17) is 22.1 Å². The van der Waals surface area contributed by atoms with Gasteiger partial charge in [0.25, 0.3) is 0 Å². The Labute approximate surface area is 118 Å². The van der Waals surface area contributed by atoms with Crippen LogP contribution in [0.1, 0.15) is 22.5 Å². The number of benzene rings is 1. The van der Waals surface area contributed by atoms with E-state index in [9.17, 15) is 0 Å². The van der Waals surface area contributed by atoms with Crippen molar-refractivity contribution < 1.29 is 4.74 Å². The largest absolute Gasteiger partial charge is 0.494 e. The summed E-state index contributed by atoms with van der Waals surface area (Å²) in [4.78, 5) is 0. The molecule has 102 valence electrons. The van der Waals surface area contributed by atoms with Gasteiger partial charge in [0.15, 0.2) is 0 Å². The Kier molecular flexibility index (Phi) is 3.83. The summed E-state index contributed by atoms with van der Waals surface area (Å²) in [5.74, 6) is 0.699. The van der Waals surface area contributed by atoms with Gasteiger partial charge in [-0.2, -0.15) is 5.10 Å². The van der Waals surface area contributed by atoms with Crippen molar-refractivity contribution in [1.82, 2.24) is 9.78 Å². The van der Waals surface area contributed by atoms with Crippen molar-refractivity contribution in [3.8, 4) is 11.4 Å². The van der Waals surface area contributed by atoms with Gasteiger partial charge in [-0.05, 0) is 32.4 Å². The summed E-state index contributed by atoms with van der Waals surface area (Å²) in [6, 6.07) is 3.78. The van der Waals surface area contributed by atoms with Crippen LogP contribution >= 0.6 is 11.6 Å². The van der Waals surface area contributed by atoms with Crippen molar-refractivity contribution in [3.05, 3.63) is 39.7 Å². The lowest BCUT2D eigenvalue weighted by molar-refractivity contribution is 0.411. The van der Waals surface area contributed by atoms with Crippen molar-refractivity contribution in [1.29, 1.82) is 0 Å². The fourth-order valence-electron chi connectivity index (χ4n) is 2.18. The summed E-state index contributed by atoms with van der Waals surface area (Å²) in [6.07, 6.45) is 0. The van der Waals surface area contributed by atoms with Crippen molar-refractivity contribution >= 4 is 11.6 Å². The molecule has 0 aliphatic carbocycles. The van der Waals surface area contributed by atoms with Crippen LogP contribution in [0.4, 0.5) is 0 Å². The lowest BCUT2D eigenvalue weighted by Crippen LogP contribution is -2.04. The molecule has 0 saturated carbocycles. The number of nitrogens with zero attached hydrogens (tertiary/aromatic N) is 2. The summed E-state index contributed by atoms with van der Waals surface area (Å²) in [6.45, 7) is 6.40. The molecule has 0 aliphatic rings. The fourth-order valence-corrected chi connectivity index (χ4v) is 2.34. The number of ether oxygens (including phenoxy) is 1. The molecule has 2 aromatic rings. The second-order valence-corrected chi connectivity index (χ2v) is 4.95. The number of methoxy groups -OCH3 is 1. The van der Waals surface area contributed by atoms with Gasteiger partial charge in [0.2, 0.25) is 0 Å². The molecule has 0 radical (unpaired) electrons. The zero-order valence-electron chi connectivity index (χ0n) is 11.6. The van der Waals surface area contributed by atoms with Gasteiger partial charge in [-0.1, -0.05) is 11.6 Å². The van der Waals surface area contributed by atoms with E-state index in [-0.39, 0.29) is 0 Å². The Hall–Kier alpha value is -1.52. The number of halogens is 1. The van der Waals surface area contributed by atoms with Gasteiger partial charge in [0, 0.05) is 28.9 Å². The van der Waals surface area contributed by atoms with E-state index in [2.05, 4.69) is 5.10 Å². The van der Waals surface area contributed by atoms with E-state index in [1.54, 1.807) is 7.11 Å². The lowest BCUT2D eigenvalue weighted by atomic mass is 10.2. The van der Waals surface area contributed by atoms with Gasteiger partial charge in [0.05, 0.1) is 12.8 Å². The van der Waals surface area contributed by atoms with Crippen LogP contribution in [0.5, 0.6) is 5.75 Å². The summed E-state index contributed by atoms with van der Waals surface area (Å²) >= 11 is 6.13. The highest BCUT2D eigenvalue weighted by atomic mass is 35.5. The van der Waals surface area contributed by atoms with E-state index >= 15 is 0 Å². The van der Waals surface area contributed by atoms with E-state index in [0.29, 0.717) is 17.3 Å². The van der Waals surface area contributed by atoms with Crippen LogP contribution in [0.15, 0.2) is 12.1 Å². The summed E-state index contributed by atoms with van der Waals surface area (Å²) < 4.78 is 7.26. The van der Waals surface area contributed by atoms with Crippen LogP contribution in [0.3, 0.4) is 0 Å². The zero-order chi connectivity index (χ0) is 14.2. The molecule has 1 heterocycles. The van der Waals surface area contributed by atoms with Gasteiger partial charge in [0.1, 0.15) is 11.4 Å². The molecule has 19 heavy (non-hydrogen) atoms. The maximum Gasteiger partial charge on any atom is 0.146 e. The van der Waals surface area contributed by atoms with Crippen LogP contribution in [0, 0.1) is 20.8 Å². The minimum Gasteiger partial charge on any atom is -0.494 e. The molecule has 0 atom stereocenters. The molecular formula is C14H18ClN3O. The quantitative estimate of drug-likeness (QED) is 0.940. The molecule has 0 amide bonds. The third kappa shape index (κ3) is 2.33. The first kappa shape index (κ1) is 13.9. The first-order valence-corrected chi connectivity index (χ1v) is 6.47. The molecular weight excluding hydrogens is 262 g/mol. The number of hydrogen-bond acceptors (Lipinski definition) is 3. The standard InChI is InChI=1S/C14H18ClN3O/c1-8-5-13(14(19-4)6-12(8)15)18-10(3)11(7-16)9(2)17-18/h5-6H,7,16H2,1-4H3. The molecule has 1 aromatic heterocycles. The monoisotopic (exact) mass is 279 g/mol. The van der Waals surface area contributed by atoms with Crippen LogP contribution in [0.25, 0.3) is 5.69 Å². The highest BCUT2D eigenvalue weighted by Gasteiger charge is 2.15. The predicted octanol–water partition coefficient (Wildman–Crippen LogP) is 2.92. The summed E-state index contributed by atoms with van der Waals surface area (Å²) in [7, 11) is 1.63. The molecule has 0 unspecified atom stereocenters. The Bertz CT molecular complexity index is 620. The number of rotatable bonds is 3. The smallest absolute Gasteiger partial charge is 0.146 e. The molecule has 5 heteroatoms. The Balaban J connectivity index is 2.68. The summed E-state index contributed by atoms with van der Waals surface area (Å²) in [5, 5.41) is 5.23. The number of nitrogens with two attached hydrogens (primary N) is 1. The lowest BCUT2D eigenvalue weighted by Gasteiger charge is -2.12. The second kappa shape index (κ2) is 5.23. The third-order valence-electron chi connectivity index (χ3n) is 3.33. The Morgan fingerprint density at radius 3 is 2.53 bits per heavy atom. The second-order valence-electron chi connectivity index (χ2n) is 4.54. The van der Waals surface area contributed by atoms with Crippen LogP contribution < -0.4 is 10.5 Å². The molecule has 2 N–H and O–H groups in total. The Morgan fingerprint density at radius 1 is 1.32 bits per heavy atom. The van der Waals surface area contributed by atoms with E-state index in [1.165, 1.54) is 0 Å². The molecule has 0 fully saturated rings. The van der Waals surface area contributed by atoms with Crippen molar-refractivity contribution in [2.24, 2.45) is 5.73 Å². The minimum absolute atomic E-state index is 0.479. The van der Waals surface area contributed by atoms with E-state index in [1.807, 2.05) is 37.6 Å². The maximum absolute atomic E-state index is 6.13. The van der Waals surface area contributed by atoms with Gasteiger partial charge >= 0.3 is 0 Å². The number of aryl methyl sites for hydroxylation is 2. The molecule has 0 aliphatic heterocycles. The molecule has 0 spiro atoms. The average molecular weight is 280 g/mol. The minimum atomic E-state index is 0.479. The van der Waals surface area contributed by atoms with Crippen LogP contribution in [-0.4, -0.2) is 16.9 Å². The first-order chi connectivity index (χ1) is 8.99. The SMILES string of the molecule is COc1cc(Cl)c(C)cc1-n1nc(C)c(CN)c1C. The van der Waals surface area contributed by atoms with Crippen LogP contribution in [-0.2, 0) is 6.54 Å². The van der Waals surface area contributed by atoms with Crippen molar-refractivity contribution in [2.75, 3.05) is 7.11 Å². The number of aromatic nitrogens is 2. The normalized spacial score (nSPS) is 10.8.